The maximum absolute atomic E-state index is 13.0. The summed E-state index contributed by atoms with van der Waals surface area (Å²) in [7, 11) is 0. The molecule has 68 valence electrons. The van der Waals surface area contributed by atoms with Crippen LogP contribution in [0, 0.1) is 5.82 Å². The number of phenolic OH excluding ortho intramolecular Hbond substituents is 1. The molecule has 0 radical (unpaired) electrons. The first-order valence-corrected chi connectivity index (χ1v) is 3.83. The van der Waals surface area contributed by atoms with Crippen LogP contribution in [-0.4, -0.2) is 11.4 Å². The van der Waals surface area contributed by atoms with Gasteiger partial charge in [0.1, 0.15) is 6.29 Å². The lowest BCUT2D eigenvalue weighted by atomic mass is 10.2. The molecular weight excluding hydrogens is 171 g/mol. The van der Waals surface area contributed by atoms with E-state index >= 15 is 0 Å². The Labute approximate surface area is 75.3 Å². The van der Waals surface area contributed by atoms with Crippen LogP contribution in [0.15, 0.2) is 24.3 Å². The average Bonchev–Trinajstić information content (AvgIpc) is 2.13. The molecule has 0 aromatic heterocycles. The van der Waals surface area contributed by atoms with Crippen LogP contribution >= 0.6 is 0 Å². The maximum Gasteiger partial charge on any atom is 0.171 e. The van der Waals surface area contributed by atoms with Crippen LogP contribution in [0.2, 0.25) is 0 Å². The second kappa shape index (κ2) is 4.40. The van der Waals surface area contributed by atoms with Gasteiger partial charge in [0.05, 0.1) is 0 Å². The van der Waals surface area contributed by atoms with Crippen LogP contribution in [-0.2, 0) is 4.79 Å². The van der Waals surface area contributed by atoms with Gasteiger partial charge in [-0.05, 0) is 6.07 Å². The smallest absolute Gasteiger partial charge is 0.171 e. The minimum Gasteiger partial charge on any atom is -0.505 e. The van der Waals surface area contributed by atoms with Gasteiger partial charge in [-0.1, -0.05) is 24.3 Å². The summed E-state index contributed by atoms with van der Waals surface area (Å²) in [6, 6.07) is 4.34. The zero-order valence-corrected chi connectivity index (χ0v) is 6.90. The second-order valence-corrected chi connectivity index (χ2v) is 2.49. The van der Waals surface area contributed by atoms with Crippen molar-refractivity contribution in [2.24, 2.45) is 0 Å². The highest BCUT2D eigenvalue weighted by Crippen LogP contribution is 2.19. The SMILES string of the molecule is O=CCC=Cc1cccc(O)c1F. The molecule has 13 heavy (non-hydrogen) atoms. The van der Waals surface area contributed by atoms with Crippen LogP contribution in [0.25, 0.3) is 6.08 Å². The second-order valence-electron chi connectivity index (χ2n) is 2.49. The average molecular weight is 180 g/mol. The summed E-state index contributed by atoms with van der Waals surface area (Å²) in [5.41, 5.74) is 0.279. The van der Waals surface area contributed by atoms with Crippen molar-refractivity contribution in [3.63, 3.8) is 0 Å². The number of benzene rings is 1. The number of phenols is 1. The fraction of sp³-hybridized carbons (Fsp3) is 0.100. The van der Waals surface area contributed by atoms with E-state index in [2.05, 4.69) is 0 Å². The third-order valence-corrected chi connectivity index (χ3v) is 1.54. The van der Waals surface area contributed by atoms with Crippen molar-refractivity contribution < 1.29 is 14.3 Å². The number of carbonyl (C=O) groups excluding carboxylic acids is 1. The Bertz CT molecular complexity index is 332. The lowest BCUT2D eigenvalue weighted by Crippen LogP contribution is -1.81. The Balaban J connectivity index is 2.88. The first-order chi connectivity index (χ1) is 6.25. The zero-order valence-electron chi connectivity index (χ0n) is 6.90. The fourth-order valence-corrected chi connectivity index (χ4v) is 0.916. The molecule has 0 heterocycles. The van der Waals surface area contributed by atoms with Gasteiger partial charge in [0.2, 0.25) is 0 Å². The van der Waals surface area contributed by atoms with Gasteiger partial charge in [-0.25, -0.2) is 4.39 Å². The predicted molar refractivity (Wildman–Crippen MR) is 47.8 cm³/mol. The third-order valence-electron chi connectivity index (χ3n) is 1.54. The van der Waals surface area contributed by atoms with Crippen molar-refractivity contribution in [3.05, 3.63) is 35.7 Å². The molecule has 1 N–H and O–H groups in total. The van der Waals surface area contributed by atoms with Gasteiger partial charge in [-0.2, -0.15) is 0 Å². The van der Waals surface area contributed by atoms with Crippen molar-refractivity contribution in [1.82, 2.24) is 0 Å². The molecule has 0 aliphatic rings. The summed E-state index contributed by atoms with van der Waals surface area (Å²) in [6.45, 7) is 0. The zero-order chi connectivity index (χ0) is 9.68. The van der Waals surface area contributed by atoms with Gasteiger partial charge in [0.25, 0.3) is 0 Å². The van der Waals surface area contributed by atoms with Crippen molar-refractivity contribution in [2.45, 2.75) is 6.42 Å². The van der Waals surface area contributed by atoms with E-state index in [1.165, 1.54) is 24.3 Å². The van der Waals surface area contributed by atoms with Crippen LogP contribution in [0.1, 0.15) is 12.0 Å². The standard InChI is InChI=1S/C10H9FO2/c11-10-8(4-1-2-7-12)5-3-6-9(10)13/h1,3-7,13H,2H2. The highest BCUT2D eigenvalue weighted by molar-refractivity contribution is 5.59. The van der Waals surface area contributed by atoms with Gasteiger partial charge >= 0.3 is 0 Å². The molecule has 2 nitrogen and oxygen atoms in total. The van der Waals surface area contributed by atoms with Crippen molar-refractivity contribution in [3.8, 4) is 5.75 Å². The number of halogens is 1. The van der Waals surface area contributed by atoms with Gasteiger partial charge in [0, 0.05) is 12.0 Å². The molecule has 0 atom stereocenters. The molecule has 1 rings (SSSR count). The van der Waals surface area contributed by atoms with E-state index < -0.39 is 5.82 Å². The summed E-state index contributed by atoms with van der Waals surface area (Å²) in [4.78, 5) is 9.95. The fourth-order valence-electron chi connectivity index (χ4n) is 0.916. The van der Waals surface area contributed by atoms with E-state index in [1.807, 2.05) is 0 Å². The van der Waals surface area contributed by atoms with Gasteiger partial charge in [-0.3, -0.25) is 0 Å². The van der Waals surface area contributed by atoms with E-state index in [9.17, 15) is 9.18 Å². The first-order valence-electron chi connectivity index (χ1n) is 3.83. The molecule has 1 aromatic rings. The Morgan fingerprint density at radius 3 is 2.92 bits per heavy atom. The Morgan fingerprint density at radius 1 is 1.46 bits per heavy atom. The number of hydrogen-bond acceptors (Lipinski definition) is 2. The molecular formula is C10H9FO2. The monoisotopic (exact) mass is 180 g/mol. The van der Waals surface area contributed by atoms with Crippen LogP contribution in [0.4, 0.5) is 4.39 Å². The molecule has 0 spiro atoms. The molecule has 0 bridgehead atoms. The number of allylic oxidation sites excluding steroid dienone is 1. The van der Waals surface area contributed by atoms with E-state index in [0.717, 1.165) is 6.29 Å². The normalized spacial score (nSPS) is 10.5. The van der Waals surface area contributed by atoms with Crippen LogP contribution in [0.5, 0.6) is 5.75 Å². The topological polar surface area (TPSA) is 37.3 Å². The molecule has 3 heteroatoms. The largest absolute Gasteiger partial charge is 0.505 e. The van der Waals surface area contributed by atoms with Gasteiger partial charge in [-0.15, -0.1) is 0 Å². The van der Waals surface area contributed by atoms with Gasteiger partial charge < -0.3 is 9.90 Å². The van der Waals surface area contributed by atoms with Crippen LogP contribution in [0.3, 0.4) is 0 Å². The van der Waals surface area contributed by atoms with E-state index in [4.69, 9.17) is 5.11 Å². The molecule has 0 saturated heterocycles. The van der Waals surface area contributed by atoms with E-state index in [-0.39, 0.29) is 17.7 Å². The van der Waals surface area contributed by atoms with E-state index in [0.29, 0.717) is 0 Å². The van der Waals surface area contributed by atoms with Crippen molar-refractivity contribution in [1.29, 1.82) is 0 Å². The minimum absolute atomic E-state index is 0.245. The number of aromatic hydroxyl groups is 1. The number of aldehydes is 1. The third kappa shape index (κ3) is 2.40. The molecule has 0 aliphatic carbocycles. The summed E-state index contributed by atoms with van der Waals surface area (Å²) in [5, 5.41) is 8.98. The number of rotatable bonds is 3. The number of hydrogen-bond donors (Lipinski definition) is 1. The molecule has 0 fully saturated rings. The van der Waals surface area contributed by atoms with Crippen molar-refractivity contribution >= 4 is 12.4 Å². The summed E-state index contributed by atoms with van der Waals surface area (Å²) >= 11 is 0. The molecule has 1 aromatic carbocycles. The minimum atomic E-state index is -0.662. The molecule has 0 unspecified atom stereocenters. The number of carbonyl (C=O) groups is 1. The summed E-state index contributed by atoms with van der Waals surface area (Å²) < 4.78 is 13.0. The lowest BCUT2D eigenvalue weighted by molar-refractivity contribution is -0.107. The van der Waals surface area contributed by atoms with E-state index in [1.54, 1.807) is 6.07 Å². The first kappa shape index (κ1) is 9.45. The summed E-state index contributed by atoms with van der Waals surface area (Å²) in [6.07, 6.45) is 3.96. The predicted octanol–water partition coefficient (Wildman–Crippen LogP) is 2.13. The summed E-state index contributed by atoms with van der Waals surface area (Å²) in [5.74, 6) is -1.04. The molecule has 0 aliphatic heterocycles. The quantitative estimate of drug-likeness (QED) is 0.723. The maximum atomic E-state index is 13.0. The Morgan fingerprint density at radius 2 is 2.23 bits per heavy atom. The molecule has 0 saturated carbocycles. The molecule has 0 amide bonds. The lowest BCUT2D eigenvalue weighted by Gasteiger charge is -1.97. The Kier molecular flexibility index (Phi) is 3.20. The highest BCUT2D eigenvalue weighted by Gasteiger charge is 2.02. The van der Waals surface area contributed by atoms with Gasteiger partial charge in [0.15, 0.2) is 11.6 Å². The Hall–Kier alpha value is -1.64. The van der Waals surface area contributed by atoms with Crippen molar-refractivity contribution in [2.75, 3.05) is 0 Å². The van der Waals surface area contributed by atoms with Crippen LogP contribution < -0.4 is 0 Å². The highest BCUT2D eigenvalue weighted by atomic mass is 19.1.